The first-order valence-electron chi connectivity index (χ1n) is 10.5. The van der Waals surface area contributed by atoms with Crippen molar-refractivity contribution in [2.24, 2.45) is 11.8 Å². The van der Waals surface area contributed by atoms with Crippen LogP contribution in [0.25, 0.3) is 0 Å². The molecule has 30 heavy (non-hydrogen) atoms. The highest BCUT2D eigenvalue weighted by Gasteiger charge is 2.32. The lowest BCUT2D eigenvalue weighted by atomic mass is 9.90. The van der Waals surface area contributed by atoms with Gasteiger partial charge in [0.25, 0.3) is 0 Å². The number of carbonyl (C=O) groups excluding carboxylic acids is 1. The molecule has 1 N–H and O–H groups in total. The number of halogens is 1. The summed E-state index contributed by atoms with van der Waals surface area (Å²) in [6.07, 6.45) is 9.67. The number of rotatable bonds is 5. The minimum atomic E-state index is -3.60. The van der Waals surface area contributed by atoms with E-state index in [4.69, 9.17) is 11.6 Å². The van der Waals surface area contributed by atoms with Gasteiger partial charge in [0.15, 0.2) is 0 Å². The zero-order valence-electron chi connectivity index (χ0n) is 16.4. The predicted molar refractivity (Wildman–Crippen MR) is 125 cm³/mol. The number of carbonyl (C=O) groups is 1. The lowest BCUT2D eigenvalue weighted by Crippen LogP contribution is -2.44. The molecule has 172 valence electrons. The van der Waals surface area contributed by atoms with Crippen LogP contribution in [0, 0.1) is 11.8 Å². The van der Waals surface area contributed by atoms with E-state index in [-0.39, 0.29) is 42.5 Å². The third-order valence-electron chi connectivity index (χ3n) is 5.98. The Hall–Kier alpha value is -1.11. The quantitative estimate of drug-likeness (QED) is 0.634. The molecule has 1 aromatic carbocycles. The van der Waals surface area contributed by atoms with Crippen LogP contribution in [0.4, 0.5) is 0 Å². The molecule has 1 saturated heterocycles. The Kier molecular flexibility index (Phi) is 11.4. The third kappa shape index (κ3) is 6.96. The molecule has 0 spiro atoms. The fourth-order valence-corrected chi connectivity index (χ4v) is 6.36. The topological polar surface area (TPSA) is 66.5 Å². The van der Waals surface area contributed by atoms with Crippen molar-refractivity contribution in [3.63, 3.8) is 0 Å². The minimum absolute atomic E-state index is 0. The highest BCUT2D eigenvalue weighted by atomic mass is 35.5. The normalized spacial score (nSPS) is 21.4. The second kappa shape index (κ2) is 12.7. The van der Waals surface area contributed by atoms with Crippen molar-refractivity contribution >= 4 is 27.5 Å². The lowest BCUT2D eigenvalue weighted by molar-refractivity contribution is -0.125. The van der Waals surface area contributed by atoms with Gasteiger partial charge in [-0.15, -0.1) is 0 Å². The summed E-state index contributed by atoms with van der Waals surface area (Å²) in [4.78, 5) is 12.8. The molecule has 3 rings (SSSR count). The summed E-state index contributed by atoms with van der Waals surface area (Å²) in [5, 5.41) is 3.36. The van der Waals surface area contributed by atoms with E-state index in [0.717, 1.165) is 38.5 Å². The Morgan fingerprint density at radius 2 is 1.63 bits per heavy atom. The van der Waals surface area contributed by atoms with Crippen molar-refractivity contribution in [3.05, 3.63) is 29.3 Å². The molecule has 1 aliphatic heterocycles. The molecule has 1 aliphatic carbocycles. The molecule has 0 bridgehead atoms. The number of hydrogen-bond acceptors (Lipinski definition) is 3. The summed E-state index contributed by atoms with van der Waals surface area (Å²) in [5.41, 5.74) is 0. The van der Waals surface area contributed by atoms with E-state index in [1.807, 2.05) is 0 Å². The second-order valence-corrected chi connectivity index (χ2v) is 10.4. The van der Waals surface area contributed by atoms with E-state index in [1.165, 1.54) is 23.6 Å². The van der Waals surface area contributed by atoms with Crippen LogP contribution in [-0.4, -0.2) is 38.3 Å². The molecule has 1 aromatic rings. The van der Waals surface area contributed by atoms with Gasteiger partial charge < -0.3 is 5.32 Å². The van der Waals surface area contributed by atoms with Crippen molar-refractivity contribution in [1.29, 1.82) is 0 Å². The number of nitrogens with one attached hydrogen (secondary N) is 1. The number of hydrogen-bond donors (Lipinski definition) is 1. The van der Waals surface area contributed by atoms with Gasteiger partial charge in [-0.25, -0.2) is 8.42 Å². The van der Waals surface area contributed by atoms with E-state index >= 15 is 0 Å². The highest BCUT2D eigenvalue weighted by Crippen LogP contribution is 2.28. The third-order valence-corrected chi connectivity index (χ3v) is 8.34. The Labute approximate surface area is 188 Å². The van der Waals surface area contributed by atoms with Gasteiger partial charge in [0.1, 0.15) is 4.90 Å². The van der Waals surface area contributed by atoms with Crippen LogP contribution >= 0.6 is 11.6 Å². The first-order valence-corrected chi connectivity index (χ1v) is 12.3. The number of benzene rings is 1. The van der Waals surface area contributed by atoms with E-state index in [2.05, 4.69) is 5.32 Å². The predicted octanol–water partition coefficient (Wildman–Crippen LogP) is 5.49. The molecule has 1 saturated carbocycles. The summed E-state index contributed by atoms with van der Waals surface area (Å²) in [7, 11) is -3.60. The average molecular weight is 459 g/mol. The smallest absolute Gasteiger partial charge is 0.244 e. The van der Waals surface area contributed by atoms with Crippen LogP contribution in [0.2, 0.25) is 5.02 Å². The van der Waals surface area contributed by atoms with Gasteiger partial charge >= 0.3 is 0 Å². The van der Waals surface area contributed by atoms with Crippen molar-refractivity contribution in [1.82, 2.24) is 9.62 Å². The Morgan fingerprint density at radius 3 is 2.30 bits per heavy atom. The second-order valence-electron chi connectivity index (χ2n) is 8.09. The molecular weight excluding hydrogens is 420 g/mol. The Bertz CT molecular complexity index is 761. The standard InChI is InChI=1S/C21H31ClN2O3S.2CH4/c22-19-12-6-7-13-20(19)28(26,27)24-14-8-9-17(16-24)15-23-21(25)18-10-4-2-1-3-5-11-18;;/h6-7,12-13,17-18H,1-5,8-11,14-16H2,(H,23,25);2*1H4. The summed E-state index contributed by atoms with van der Waals surface area (Å²) in [6.45, 7) is 1.48. The molecule has 0 aromatic heterocycles. The van der Waals surface area contributed by atoms with Crippen molar-refractivity contribution in [2.45, 2.75) is 77.5 Å². The largest absolute Gasteiger partial charge is 0.356 e. The molecule has 2 aliphatic rings. The van der Waals surface area contributed by atoms with Gasteiger partial charge in [-0.05, 0) is 43.7 Å². The summed E-state index contributed by atoms with van der Waals surface area (Å²) < 4.78 is 27.4. The molecule has 5 nitrogen and oxygen atoms in total. The van der Waals surface area contributed by atoms with Crippen molar-refractivity contribution < 1.29 is 13.2 Å². The van der Waals surface area contributed by atoms with Crippen molar-refractivity contribution in [2.75, 3.05) is 19.6 Å². The molecular formula is C23H39ClN2O3S. The van der Waals surface area contributed by atoms with Gasteiger partial charge in [0.2, 0.25) is 15.9 Å². The average Bonchev–Trinajstić information content (AvgIpc) is 2.66. The van der Waals surface area contributed by atoms with Crippen LogP contribution in [0.3, 0.4) is 0 Å². The zero-order chi connectivity index (χ0) is 20.0. The van der Waals surface area contributed by atoms with Gasteiger partial charge in [-0.2, -0.15) is 4.31 Å². The minimum Gasteiger partial charge on any atom is -0.356 e. The molecule has 7 heteroatoms. The fraction of sp³-hybridized carbons (Fsp3) is 0.696. The maximum Gasteiger partial charge on any atom is 0.244 e. The molecule has 2 fully saturated rings. The van der Waals surface area contributed by atoms with Gasteiger partial charge in [-0.1, -0.05) is 70.7 Å². The van der Waals surface area contributed by atoms with Gasteiger partial charge in [-0.3, -0.25) is 4.79 Å². The van der Waals surface area contributed by atoms with E-state index in [1.54, 1.807) is 24.3 Å². The highest BCUT2D eigenvalue weighted by molar-refractivity contribution is 7.89. The monoisotopic (exact) mass is 458 g/mol. The van der Waals surface area contributed by atoms with Gasteiger partial charge in [0, 0.05) is 25.6 Å². The molecule has 1 unspecified atom stereocenters. The van der Waals surface area contributed by atoms with Crippen LogP contribution in [0.1, 0.15) is 72.6 Å². The molecule has 1 atom stereocenters. The summed E-state index contributed by atoms with van der Waals surface area (Å²) in [5.74, 6) is 0.406. The van der Waals surface area contributed by atoms with Gasteiger partial charge in [0.05, 0.1) is 5.02 Å². The number of amides is 1. The summed E-state index contributed by atoms with van der Waals surface area (Å²) in [6, 6.07) is 6.57. The Morgan fingerprint density at radius 1 is 1.00 bits per heavy atom. The number of sulfonamides is 1. The maximum absolute atomic E-state index is 13.0. The SMILES string of the molecule is C.C.O=C(NCC1CCCN(S(=O)(=O)c2ccccc2Cl)C1)C1CCCCCCC1. The van der Waals surface area contributed by atoms with Crippen LogP contribution in [0.5, 0.6) is 0 Å². The molecule has 1 amide bonds. The van der Waals surface area contributed by atoms with Crippen LogP contribution in [-0.2, 0) is 14.8 Å². The van der Waals surface area contributed by atoms with Crippen LogP contribution in [0.15, 0.2) is 29.2 Å². The van der Waals surface area contributed by atoms with E-state index < -0.39 is 10.0 Å². The summed E-state index contributed by atoms with van der Waals surface area (Å²) >= 11 is 6.12. The van der Waals surface area contributed by atoms with Crippen LogP contribution < -0.4 is 5.32 Å². The first-order chi connectivity index (χ1) is 13.5. The number of piperidine rings is 1. The first kappa shape index (κ1) is 26.9. The Balaban J connectivity index is 0.00000225. The molecule has 1 heterocycles. The zero-order valence-corrected chi connectivity index (χ0v) is 18.0. The van der Waals surface area contributed by atoms with E-state index in [0.29, 0.717) is 19.6 Å². The maximum atomic E-state index is 13.0. The number of nitrogens with zero attached hydrogens (tertiary/aromatic N) is 1. The van der Waals surface area contributed by atoms with Crippen molar-refractivity contribution in [3.8, 4) is 0 Å². The lowest BCUT2D eigenvalue weighted by Gasteiger charge is -2.32. The van der Waals surface area contributed by atoms with E-state index in [9.17, 15) is 13.2 Å². The fourth-order valence-electron chi connectivity index (χ4n) is 4.31. The molecule has 0 radical (unpaired) electrons.